The first kappa shape index (κ1) is 15.7. The van der Waals surface area contributed by atoms with E-state index in [-0.39, 0.29) is 5.91 Å². The lowest BCUT2D eigenvalue weighted by Crippen LogP contribution is -2.27. The van der Waals surface area contributed by atoms with Gasteiger partial charge >= 0.3 is 0 Å². The number of nitrogens with one attached hydrogen (secondary N) is 2. The summed E-state index contributed by atoms with van der Waals surface area (Å²) in [7, 11) is 0. The molecule has 0 unspecified atom stereocenters. The van der Waals surface area contributed by atoms with Crippen LogP contribution in [-0.4, -0.2) is 37.6 Å². The average molecular weight is 336 g/mol. The molecule has 4 rings (SSSR count). The van der Waals surface area contributed by atoms with E-state index in [1.165, 1.54) is 24.1 Å². The maximum atomic E-state index is 12.3. The predicted octanol–water partition coefficient (Wildman–Crippen LogP) is 1.91. The Labute approximate surface area is 145 Å². The monoisotopic (exact) mass is 336 g/mol. The maximum Gasteiger partial charge on any atom is 0.269 e. The highest BCUT2D eigenvalue weighted by Crippen LogP contribution is 2.21. The third-order valence-electron chi connectivity index (χ3n) is 4.60. The third kappa shape index (κ3) is 3.22. The van der Waals surface area contributed by atoms with E-state index >= 15 is 0 Å². The standard InChI is InChI=1S/C18H20N6O/c1-11-13-4-2-3-5-14(13)22-16(21-11)8-9-19-18(25)15-7-6-12-10-20-24-17(12)23-15/h6-7,10H,2-5,8-9H2,1H3,(H,19,25)(H,20,23,24). The van der Waals surface area contributed by atoms with Crippen molar-refractivity contribution in [2.45, 2.75) is 39.0 Å². The molecule has 3 heterocycles. The van der Waals surface area contributed by atoms with Crippen molar-refractivity contribution in [1.29, 1.82) is 0 Å². The van der Waals surface area contributed by atoms with E-state index in [1.807, 2.05) is 6.07 Å². The molecule has 0 saturated heterocycles. The number of amides is 1. The molecule has 0 radical (unpaired) electrons. The Balaban J connectivity index is 1.40. The summed E-state index contributed by atoms with van der Waals surface area (Å²) >= 11 is 0. The first-order valence-electron chi connectivity index (χ1n) is 8.64. The number of carbonyl (C=O) groups is 1. The van der Waals surface area contributed by atoms with Gasteiger partial charge in [0.1, 0.15) is 11.5 Å². The first-order valence-corrected chi connectivity index (χ1v) is 8.64. The summed E-state index contributed by atoms with van der Waals surface area (Å²) in [6.45, 7) is 2.54. The zero-order valence-electron chi connectivity index (χ0n) is 14.2. The van der Waals surface area contributed by atoms with Crippen LogP contribution in [0.4, 0.5) is 0 Å². The Bertz CT molecular complexity index is 932. The van der Waals surface area contributed by atoms with Crippen molar-refractivity contribution in [3.63, 3.8) is 0 Å². The minimum Gasteiger partial charge on any atom is -0.350 e. The lowest BCUT2D eigenvalue weighted by Gasteiger charge is -2.17. The van der Waals surface area contributed by atoms with Crippen LogP contribution in [0.3, 0.4) is 0 Å². The zero-order valence-corrected chi connectivity index (χ0v) is 14.2. The van der Waals surface area contributed by atoms with Crippen molar-refractivity contribution in [3.8, 4) is 0 Å². The number of hydrogen-bond acceptors (Lipinski definition) is 5. The fraction of sp³-hybridized carbons (Fsp3) is 0.389. The molecule has 1 amide bonds. The molecular weight excluding hydrogens is 316 g/mol. The van der Waals surface area contributed by atoms with Gasteiger partial charge in [-0.15, -0.1) is 0 Å². The van der Waals surface area contributed by atoms with Gasteiger partial charge < -0.3 is 5.32 Å². The Kier molecular flexibility index (Phi) is 4.13. The van der Waals surface area contributed by atoms with E-state index in [0.29, 0.717) is 24.3 Å². The van der Waals surface area contributed by atoms with Gasteiger partial charge in [-0.3, -0.25) is 9.89 Å². The molecular formula is C18H20N6O. The van der Waals surface area contributed by atoms with E-state index < -0.39 is 0 Å². The van der Waals surface area contributed by atoms with Gasteiger partial charge in [0.15, 0.2) is 5.65 Å². The molecule has 0 saturated carbocycles. The Morgan fingerprint density at radius 2 is 2.08 bits per heavy atom. The molecule has 1 aliphatic carbocycles. The number of fused-ring (bicyclic) bond motifs is 2. The summed E-state index contributed by atoms with van der Waals surface area (Å²) in [6.07, 6.45) is 6.83. The average Bonchev–Trinajstić information content (AvgIpc) is 3.09. The Hall–Kier alpha value is -2.83. The zero-order chi connectivity index (χ0) is 17.2. The van der Waals surface area contributed by atoms with E-state index in [9.17, 15) is 4.79 Å². The summed E-state index contributed by atoms with van der Waals surface area (Å²) in [6, 6.07) is 3.53. The van der Waals surface area contributed by atoms with E-state index in [2.05, 4.69) is 37.4 Å². The van der Waals surface area contributed by atoms with Crippen molar-refractivity contribution in [1.82, 2.24) is 30.5 Å². The Morgan fingerprint density at radius 3 is 3.00 bits per heavy atom. The van der Waals surface area contributed by atoms with Crippen LogP contribution in [0.2, 0.25) is 0 Å². The van der Waals surface area contributed by atoms with Crippen molar-refractivity contribution in [2.24, 2.45) is 0 Å². The van der Waals surface area contributed by atoms with Crippen LogP contribution in [0.5, 0.6) is 0 Å². The minimum absolute atomic E-state index is 0.203. The summed E-state index contributed by atoms with van der Waals surface area (Å²) in [5.74, 6) is 0.599. The largest absolute Gasteiger partial charge is 0.350 e. The van der Waals surface area contributed by atoms with Crippen molar-refractivity contribution < 1.29 is 4.79 Å². The molecule has 128 valence electrons. The smallest absolute Gasteiger partial charge is 0.269 e. The molecule has 2 N–H and O–H groups in total. The SMILES string of the molecule is Cc1nc(CCNC(=O)c2ccc3cn[nH]c3n2)nc2c1CCCC2. The highest BCUT2D eigenvalue weighted by atomic mass is 16.1. The van der Waals surface area contributed by atoms with Gasteiger partial charge in [-0.05, 0) is 50.3 Å². The predicted molar refractivity (Wildman–Crippen MR) is 93.3 cm³/mol. The fourth-order valence-electron chi connectivity index (χ4n) is 3.29. The molecule has 1 aliphatic rings. The van der Waals surface area contributed by atoms with Crippen LogP contribution < -0.4 is 5.32 Å². The number of aromatic nitrogens is 5. The fourth-order valence-corrected chi connectivity index (χ4v) is 3.29. The second kappa shape index (κ2) is 6.58. The summed E-state index contributed by atoms with van der Waals surface area (Å²) in [4.78, 5) is 25.8. The normalized spacial score (nSPS) is 13.6. The molecule has 0 aromatic carbocycles. The summed E-state index contributed by atoms with van der Waals surface area (Å²) in [5, 5.41) is 10.5. The summed E-state index contributed by atoms with van der Waals surface area (Å²) < 4.78 is 0. The number of pyridine rings is 1. The molecule has 0 atom stereocenters. The molecule has 0 aliphatic heterocycles. The van der Waals surface area contributed by atoms with E-state index in [1.54, 1.807) is 12.3 Å². The lowest BCUT2D eigenvalue weighted by atomic mass is 9.95. The number of carbonyl (C=O) groups excluding carboxylic acids is 1. The van der Waals surface area contributed by atoms with Crippen molar-refractivity contribution >= 4 is 16.9 Å². The first-order chi connectivity index (χ1) is 12.2. The van der Waals surface area contributed by atoms with E-state index in [4.69, 9.17) is 0 Å². The van der Waals surface area contributed by atoms with Gasteiger partial charge in [-0.1, -0.05) is 0 Å². The number of aromatic amines is 1. The molecule has 0 fully saturated rings. The number of nitrogens with zero attached hydrogens (tertiary/aromatic N) is 4. The number of rotatable bonds is 4. The number of aryl methyl sites for hydroxylation is 2. The van der Waals surface area contributed by atoms with Crippen LogP contribution in [0, 0.1) is 6.92 Å². The molecule has 7 nitrogen and oxygen atoms in total. The van der Waals surface area contributed by atoms with Crippen molar-refractivity contribution in [2.75, 3.05) is 6.54 Å². The third-order valence-corrected chi connectivity index (χ3v) is 4.60. The van der Waals surface area contributed by atoms with Gasteiger partial charge in [-0.2, -0.15) is 5.10 Å². The number of H-pyrrole nitrogens is 1. The van der Waals surface area contributed by atoms with Crippen LogP contribution in [0.1, 0.15) is 46.1 Å². The van der Waals surface area contributed by atoms with Crippen LogP contribution in [-0.2, 0) is 19.3 Å². The molecule has 7 heteroatoms. The topological polar surface area (TPSA) is 96.5 Å². The van der Waals surface area contributed by atoms with Crippen LogP contribution in [0.25, 0.3) is 11.0 Å². The molecule has 25 heavy (non-hydrogen) atoms. The van der Waals surface area contributed by atoms with E-state index in [0.717, 1.165) is 29.7 Å². The molecule has 0 bridgehead atoms. The van der Waals surface area contributed by atoms with Crippen LogP contribution in [0.15, 0.2) is 18.3 Å². The van der Waals surface area contributed by atoms with Gasteiger partial charge in [0.2, 0.25) is 0 Å². The number of hydrogen-bond donors (Lipinski definition) is 2. The minimum atomic E-state index is -0.203. The summed E-state index contributed by atoms with van der Waals surface area (Å²) in [5.41, 5.74) is 4.57. The van der Waals surface area contributed by atoms with Gasteiger partial charge in [-0.25, -0.2) is 15.0 Å². The lowest BCUT2D eigenvalue weighted by molar-refractivity contribution is 0.0949. The van der Waals surface area contributed by atoms with Gasteiger partial charge in [0.25, 0.3) is 5.91 Å². The second-order valence-corrected chi connectivity index (χ2v) is 6.37. The van der Waals surface area contributed by atoms with Gasteiger partial charge in [0, 0.05) is 29.7 Å². The van der Waals surface area contributed by atoms with Crippen LogP contribution >= 0.6 is 0 Å². The maximum absolute atomic E-state index is 12.3. The van der Waals surface area contributed by atoms with Crippen molar-refractivity contribution in [3.05, 3.63) is 46.8 Å². The molecule has 0 spiro atoms. The molecule has 3 aromatic rings. The molecule has 3 aromatic heterocycles. The van der Waals surface area contributed by atoms with Gasteiger partial charge in [0.05, 0.1) is 6.20 Å². The quantitative estimate of drug-likeness (QED) is 0.758. The highest BCUT2D eigenvalue weighted by molar-refractivity contribution is 5.94. The second-order valence-electron chi connectivity index (χ2n) is 6.37. The highest BCUT2D eigenvalue weighted by Gasteiger charge is 2.15. The Morgan fingerprint density at radius 1 is 1.20 bits per heavy atom.